The van der Waals surface area contributed by atoms with E-state index in [1.54, 1.807) is 6.33 Å². The van der Waals surface area contributed by atoms with Crippen LogP contribution in [0.15, 0.2) is 55.2 Å². The molecule has 1 aliphatic heterocycles. The highest BCUT2D eigenvalue weighted by Gasteiger charge is 2.23. The van der Waals surface area contributed by atoms with E-state index in [9.17, 15) is 4.39 Å². The number of imidazole rings is 1. The Hall–Kier alpha value is -3.55. The Labute approximate surface area is 173 Å². The highest BCUT2D eigenvalue weighted by Crippen LogP contribution is 2.23. The molecule has 0 spiro atoms. The van der Waals surface area contributed by atoms with Gasteiger partial charge < -0.3 is 10.2 Å². The number of anilines is 2. The summed E-state index contributed by atoms with van der Waals surface area (Å²) in [7, 11) is 0. The number of pyridine rings is 2. The molecule has 0 amide bonds. The third-order valence-corrected chi connectivity index (χ3v) is 5.47. The minimum Gasteiger partial charge on any atom is -0.366 e. The highest BCUT2D eigenvalue weighted by molar-refractivity contribution is 5.62. The van der Waals surface area contributed by atoms with Crippen molar-refractivity contribution in [3.63, 3.8) is 0 Å². The molecule has 5 rings (SSSR count). The van der Waals surface area contributed by atoms with Gasteiger partial charge in [0.05, 0.1) is 24.1 Å². The van der Waals surface area contributed by atoms with Gasteiger partial charge in [0.15, 0.2) is 0 Å². The molecule has 1 aliphatic rings. The largest absolute Gasteiger partial charge is 0.366 e. The molecule has 0 radical (unpaired) electrons. The van der Waals surface area contributed by atoms with Crippen LogP contribution < -0.4 is 10.2 Å². The first-order valence-corrected chi connectivity index (χ1v) is 10.0. The Kier molecular flexibility index (Phi) is 4.74. The number of aromatic nitrogens is 5. The van der Waals surface area contributed by atoms with Crippen molar-refractivity contribution in [3.05, 3.63) is 66.4 Å². The summed E-state index contributed by atoms with van der Waals surface area (Å²) in [5, 5.41) is 3.35. The van der Waals surface area contributed by atoms with Crippen molar-refractivity contribution in [1.29, 1.82) is 0 Å². The minimum atomic E-state index is -0.756. The monoisotopic (exact) mass is 403 g/mol. The Morgan fingerprint density at radius 1 is 1.13 bits per heavy atom. The van der Waals surface area contributed by atoms with E-state index in [1.165, 1.54) is 0 Å². The van der Waals surface area contributed by atoms with E-state index in [4.69, 9.17) is 0 Å². The smallest absolute Gasteiger partial charge is 0.137 e. The molecule has 5 heterocycles. The molecule has 4 aromatic rings. The Balaban J connectivity index is 1.32. The summed E-state index contributed by atoms with van der Waals surface area (Å²) in [6.45, 7) is 3.79. The zero-order chi connectivity index (χ0) is 20.5. The van der Waals surface area contributed by atoms with Crippen molar-refractivity contribution in [3.8, 4) is 11.4 Å². The molecule has 1 saturated heterocycles. The van der Waals surface area contributed by atoms with Gasteiger partial charge in [-0.1, -0.05) is 6.07 Å². The van der Waals surface area contributed by atoms with Crippen molar-refractivity contribution in [1.82, 2.24) is 24.3 Å². The molecule has 0 bridgehead atoms. The van der Waals surface area contributed by atoms with Crippen molar-refractivity contribution >= 4 is 17.3 Å². The van der Waals surface area contributed by atoms with Gasteiger partial charge in [-0.15, -0.1) is 0 Å². The molecule has 0 saturated carbocycles. The number of halogens is 1. The lowest BCUT2D eigenvalue weighted by Crippen LogP contribution is -2.21. The average Bonchev–Trinajstić information content (AvgIpc) is 3.39. The summed E-state index contributed by atoms with van der Waals surface area (Å²) in [6.07, 6.45) is 7.01. The van der Waals surface area contributed by atoms with E-state index >= 15 is 0 Å². The molecule has 152 valence electrons. The van der Waals surface area contributed by atoms with Gasteiger partial charge in [0, 0.05) is 31.5 Å². The van der Waals surface area contributed by atoms with Crippen LogP contribution in [-0.4, -0.2) is 43.6 Å². The molecule has 1 atom stereocenters. The summed E-state index contributed by atoms with van der Waals surface area (Å²) in [5.41, 5.74) is 4.77. The second kappa shape index (κ2) is 7.70. The SMILES string of the molecule is Cc1cc(N2CC[C@H](F)C2)ncc1CNc1cc(-c2cnc3ccccn23)ncn1. The molecule has 0 unspecified atom stereocenters. The van der Waals surface area contributed by atoms with Crippen LogP contribution in [0.5, 0.6) is 0 Å². The van der Waals surface area contributed by atoms with Crippen LogP contribution in [0, 0.1) is 6.92 Å². The van der Waals surface area contributed by atoms with Crippen molar-refractivity contribution < 1.29 is 4.39 Å². The maximum atomic E-state index is 13.5. The van der Waals surface area contributed by atoms with Crippen LogP contribution in [0.4, 0.5) is 16.0 Å². The number of alkyl halides is 1. The fourth-order valence-corrected chi connectivity index (χ4v) is 3.76. The van der Waals surface area contributed by atoms with Crippen LogP contribution in [0.25, 0.3) is 17.0 Å². The number of hydrogen-bond acceptors (Lipinski definition) is 6. The lowest BCUT2D eigenvalue weighted by molar-refractivity contribution is 0.364. The predicted octanol–water partition coefficient (Wildman–Crippen LogP) is 3.66. The van der Waals surface area contributed by atoms with E-state index in [2.05, 4.69) is 32.2 Å². The summed E-state index contributed by atoms with van der Waals surface area (Å²) in [6, 6.07) is 9.82. The predicted molar refractivity (Wildman–Crippen MR) is 114 cm³/mol. The Bertz CT molecular complexity index is 1190. The highest BCUT2D eigenvalue weighted by atomic mass is 19.1. The van der Waals surface area contributed by atoms with Gasteiger partial charge in [0.1, 0.15) is 29.8 Å². The van der Waals surface area contributed by atoms with Crippen molar-refractivity contribution in [2.24, 2.45) is 0 Å². The first-order chi connectivity index (χ1) is 14.7. The molecule has 7 nitrogen and oxygen atoms in total. The quantitative estimate of drug-likeness (QED) is 0.548. The van der Waals surface area contributed by atoms with E-state index < -0.39 is 6.17 Å². The van der Waals surface area contributed by atoms with Crippen LogP contribution in [0.2, 0.25) is 0 Å². The fraction of sp³-hybridized carbons (Fsp3) is 0.273. The number of rotatable bonds is 5. The maximum Gasteiger partial charge on any atom is 0.137 e. The number of nitrogens with zero attached hydrogens (tertiary/aromatic N) is 6. The first kappa shape index (κ1) is 18.5. The fourth-order valence-electron chi connectivity index (χ4n) is 3.76. The van der Waals surface area contributed by atoms with Crippen molar-refractivity contribution in [2.45, 2.75) is 26.1 Å². The number of aryl methyl sites for hydroxylation is 1. The number of nitrogens with one attached hydrogen (secondary N) is 1. The van der Waals surface area contributed by atoms with Gasteiger partial charge in [-0.05, 0) is 42.7 Å². The molecule has 30 heavy (non-hydrogen) atoms. The summed E-state index contributed by atoms with van der Waals surface area (Å²) >= 11 is 0. The molecule has 1 fully saturated rings. The molecule has 4 aromatic heterocycles. The zero-order valence-corrected chi connectivity index (χ0v) is 16.7. The lowest BCUT2D eigenvalue weighted by Gasteiger charge is -2.18. The van der Waals surface area contributed by atoms with E-state index in [-0.39, 0.29) is 0 Å². The number of fused-ring (bicyclic) bond motifs is 1. The van der Waals surface area contributed by atoms with Crippen LogP contribution >= 0.6 is 0 Å². The van der Waals surface area contributed by atoms with Gasteiger partial charge in [-0.2, -0.15) is 0 Å². The molecule has 8 heteroatoms. The normalized spacial score (nSPS) is 16.3. The van der Waals surface area contributed by atoms with Gasteiger partial charge >= 0.3 is 0 Å². The molecule has 0 aliphatic carbocycles. The van der Waals surface area contributed by atoms with Gasteiger partial charge in [-0.25, -0.2) is 24.3 Å². The first-order valence-electron chi connectivity index (χ1n) is 10.0. The summed E-state index contributed by atoms with van der Waals surface area (Å²) < 4.78 is 15.5. The Morgan fingerprint density at radius 3 is 2.90 bits per heavy atom. The maximum absolute atomic E-state index is 13.5. The van der Waals surface area contributed by atoms with E-state index in [0.29, 0.717) is 19.5 Å². The average molecular weight is 403 g/mol. The summed E-state index contributed by atoms with van der Waals surface area (Å²) in [4.78, 5) is 19.7. The second-order valence-electron chi connectivity index (χ2n) is 7.52. The third kappa shape index (κ3) is 3.56. The number of hydrogen-bond donors (Lipinski definition) is 1. The van der Waals surface area contributed by atoms with Crippen LogP contribution in [0.1, 0.15) is 17.5 Å². The molecular weight excluding hydrogens is 381 g/mol. The van der Waals surface area contributed by atoms with Crippen LogP contribution in [-0.2, 0) is 6.54 Å². The van der Waals surface area contributed by atoms with Gasteiger partial charge in [-0.3, -0.25) is 4.40 Å². The third-order valence-electron chi connectivity index (χ3n) is 5.47. The zero-order valence-electron chi connectivity index (χ0n) is 16.7. The lowest BCUT2D eigenvalue weighted by atomic mass is 10.1. The minimum absolute atomic E-state index is 0.428. The van der Waals surface area contributed by atoms with Gasteiger partial charge in [0.2, 0.25) is 0 Å². The molecular formula is C22H22FN7. The Morgan fingerprint density at radius 2 is 2.07 bits per heavy atom. The standard InChI is InChI=1S/C22H22FN7/c1-15-8-22(29-7-5-17(23)13-29)25-11-16(15)10-24-20-9-18(27-14-28-20)19-12-26-21-4-2-3-6-30(19)21/h2-4,6,8-9,11-12,14,17H,5,7,10,13H2,1H3,(H,24,27,28)/t17-/m0/s1. The van der Waals surface area contributed by atoms with Crippen molar-refractivity contribution in [2.75, 3.05) is 23.3 Å². The van der Waals surface area contributed by atoms with E-state index in [1.807, 2.05) is 58.2 Å². The molecule has 0 aromatic carbocycles. The second-order valence-corrected chi connectivity index (χ2v) is 7.52. The summed E-state index contributed by atoms with van der Waals surface area (Å²) in [5.74, 6) is 1.57. The van der Waals surface area contributed by atoms with Gasteiger partial charge in [0.25, 0.3) is 0 Å². The molecule has 1 N–H and O–H groups in total. The van der Waals surface area contributed by atoms with Crippen LogP contribution in [0.3, 0.4) is 0 Å². The van der Waals surface area contributed by atoms with E-state index in [0.717, 1.165) is 46.3 Å². The topological polar surface area (TPSA) is 71.2 Å².